The second-order valence-corrected chi connectivity index (χ2v) is 20.7. The highest BCUT2D eigenvalue weighted by Gasteiger charge is 2.28. The van der Waals surface area contributed by atoms with Crippen molar-refractivity contribution in [1.29, 1.82) is 0 Å². The minimum atomic E-state index is -4.33. The first kappa shape index (κ1) is 65.9. The smallest absolute Gasteiger partial charge is 0.391 e. The van der Waals surface area contributed by atoms with Gasteiger partial charge in [0, 0.05) is 6.42 Å². The van der Waals surface area contributed by atoms with Crippen LogP contribution in [0.1, 0.15) is 200 Å². The second-order valence-electron chi connectivity index (χ2n) is 19.2. The molecular weight excluding hydrogens is 876 g/mol. The van der Waals surface area contributed by atoms with Gasteiger partial charge in [-0.1, -0.05) is 225 Å². The van der Waals surface area contributed by atoms with Crippen molar-refractivity contribution in [2.45, 2.75) is 212 Å². The molecule has 0 heterocycles. The van der Waals surface area contributed by atoms with Gasteiger partial charge in [0.25, 0.3) is 0 Å². The third-order valence-electron chi connectivity index (χ3n) is 11.5. The third kappa shape index (κ3) is 52.6. The molecule has 1 amide bonds. The van der Waals surface area contributed by atoms with E-state index in [9.17, 15) is 19.4 Å². The molecule has 0 rings (SSSR count). The predicted molar refractivity (Wildman–Crippen MR) is 299 cm³/mol. The van der Waals surface area contributed by atoms with Gasteiger partial charge >= 0.3 is 7.82 Å². The van der Waals surface area contributed by atoms with Crippen LogP contribution in [0.15, 0.2) is 122 Å². The molecule has 0 aromatic rings. The fraction of sp³-hybridized carbons (Fsp3) is 0.650. The molecule has 0 aliphatic carbocycles. The Hall–Kier alpha value is -3.10. The van der Waals surface area contributed by atoms with Gasteiger partial charge in [-0.05, 0) is 89.9 Å². The number of amides is 1. The van der Waals surface area contributed by atoms with Crippen molar-refractivity contribution in [3.8, 4) is 0 Å². The number of rotatable bonds is 48. The van der Waals surface area contributed by atoms with Gasteiger partial charge < -0.3 is 19.8 Å². The van der Waals surface area contributed by atoms with Gasteiger partial charge in [0.1, 0.15) is 13.2 Å². The summed E-state index contributed by atoms with van der Waals surface area (Å²) in [5, 5.41) is 14.0. The molecule has 3 unspecified atom stereocenters. The van der Waals surface area contributed by atoms with Gasteiger partial charge in [0.2, 0.25) is 5.91 Å². The Kier molecular flexibility index (Phi) is 47.6. The molecular formula is C60H104N2O6P+. The summed E-state index contributed by atoms with van der Waals surface area (Å²) in [5.74, 6) is -0.175. The van der Waals surface area contributed by atoms with Crippen LogP contribution >= 0.6 is 7.82 Å². The number of carbonyl (C=O) groups is 1. The number of nitrogens with one attached hydrogen (secondary N) is 1. The molecule has 69 heavy (non-hydrogen) atoms. The maximum atomic E-state index is 12.9. The van der Waals surface area contributed by atoms with E-state index in [2.05, 4.69) is 141 Å². The molecule has 8 nitrogen and oxygen atoms in total. The van der Waals surface area contributed by atoms with Crippen molar-refractivity contribution < 1.29 is 32.9 Å². The van der Waals surface area contributed by atoms with Crippen LogP contribution in [-0.4, -0.2) is 73.4 Å². The predicted octanol–water partition coefficient (Wildman–Crippen LogP) is 16.6. The standard InChI is InChI=1S/C60H103N2O6P/c1-6-8-10-12-14-16-18-20-21-22-23-24-25-26-27-28-29-30-31-32-33-34-35-36-37-38-39-40-41-42-44-46-48-50-52-54-60(64)61-58(57-68-69(65,66)67-56-55-62(3,4)5)59(63)53-51-49-47-45-43-19-17-15-13-11-9-7-2/h8,10,14,16,20-21,23-24,26-27,29-30,32-33,35-36,38-39,41-42,58-59,63H,6-7,9,11-13,15,17-19,22,25,28,31,34,37,40,43-57H2,1-5H3,(H-,61,64,65,66)/p+1/b10-8-,16-14-,21-20-,24-23-,27-26-,30-29-,33-32-,36-35-,39-38-,42-41-. The quantitative estimate of drug-likeness (QED) is 0.0243. The van der Waals surface area contributed by atoms with E-state index >= 15 is 0 Å². The summed E-state index contributed by atoms with van der Waals surface area (Å²) < 4.78 is 23.7. The number of likely N-dealkylation sites (N-methyl/N-ethyl adjacent to an activating group) is 1. The van der Waals surface area contributed by atoms with E-state index in [0.29, 0.717) is 23.9 Å². The Labute approximate surface area is 424 Å². The summed E-state index contributed by atoms with van der Waals surface area (Å²) in [5.41, 5.74) is 0. The summed E-state index contributed by atoms with van der Waals surface area (Å²) in [6, 6.07) is -0.782. The summed E-state index contributed by atoms with van der Waals surface area (Å²) in [4.78, 5) is 23.2. The molecule has 0 aliphatic heterocycles. The van der Waals surface area contributed by atoms with Crippen molar-refractivity contribution in [1.82, 2.24) is 5.32 Å². The summed E-state index contributed by atoms with van der Waals surface area (Å²) in [6.07, 6.45) is 73.9. The lowest BCUT2D eigenvalue weighted by atomic mass is 10.0. The van der Waals surface area contributed by atoms with Gasteiger partial charge in [-0.25, -0.2) is 4.57 Å². The molecule has 0 saturated heterocycles. The molecule has 0 radical (unpaired) electrons. The largest absolute Gasteiger partial charge is 0.472 e. The number of hydrogen-bond acceptors (Lipinski definition) is 5. The van der Waals surface area contributed by atoms with Gasteiger partial charge in [-0.2, -0.15) is 0 Å². The van der Waals surface area contributed by atoms with Gasteiger partial charge in [-0.15, -0.1) is 0 Å². The molecule has 3 atom stereocenters. The van der Waals surface area contributed by atoms with E-state index in [1.54, 1.807) is 0 Å². The molecule has 0 bridgehead atoms. The second kappa shape index (κ2) is 49.9. The highest BCUT2D eigenvalue weighted by molar-refractivity contribution is 7.47. The average molecular weight is 980 g/mol. The van der Waals surface area contributed by atoms with Gasteiger partial charge in [0.05, 0.1) is 39.9 Å². The number of aliphatic hydroxyl groups is 1. The third-order valence-corrected chi connectivity index (χ3v) is 12.5. The molecule has 0 spiro atoms. The first-order valence-corrected chi connectivity index (χ1v) is 28.9. The van der Waals surface area contributed by atoms with Crippen LogP contribution in [0.3, 0.4) is 0 Å². The average Bonchev–Trinajstić information content (AvgIpc) is 3.31. The number of unbranched alkanes of at least 4 members (excludes halogenated alkanes) is 15. The molecule has 0 aliphatic rings. The highest BCUT2D eigenvalue weighted by atomic mass is 31.2. The normalized spacial score (nSPS) is 14.9. The zero-order chi connectivity index (χ0) is 50.6. The van der Waals surface area contributed by atoms with Crippen LogP contribution in [0, 0.1) is 0 Å². The number of nitrogens with zero attached hydrogens (tertiary/aromatic N) is 1. The number of allylic oxidation sites excluding steroid dienone is 20. The van der Waals surface area contributed by atoms with Crippen molar-refractivity contribution >= 4 is 13.7 Å². The molecule has 0 aromatic heterocycles. The van der Waals surface area contributed by atoms with E-state index < -0.39 is 20.0 Å². The Morgan fingerprint density at radius 1 is 0.507 bits per heavy atom. The molecule has 0 aromatic carbocycles. The van der Waals surface area contributed by atoms with Gasteiger partial charge in [-0.3, -0.25) is 13.8 Å². The lowest BCUT2D eigenvalue weighted by Crippen LogP contribution is -2.46. The SMILES string of the molecule is CC/C=C\C/C=C\C/C=C\C/C=C\C/C=C\C/C=C\C/C=C\C/C=C\C/C=C\C/C=C\CCCCCCC(=O)NC(COP(=O)(O)OCC[N+](C)(C)C)C(O)CCCCCCCCCCCCCC. The fourth-order valence-corrected chi connectivity index (χ4v) is 7.93. The van der Waals surface area contributed by atoms with Gasteiger partial charge in [0.15, 0.2) is 0 Å². The van der Waals surface area contributed by atoms with E-state index in [4.69, 9.17) is 9.05 Å². The Morgan fingerprint density at radius 2 is 0.870 bits per heavy atom. The summed E-state index contributed by atoms with van der Waals surface area (Å²) in [7, 11) is 1.58. The maximum absolute atomic E-state index is 12.9. The minimum absolute atomic E-state index is 0.0627. The summed E-state index contributed by atoms with van der Waals surface area (Å²) >= 11 is 0. The lowest BCUT2D eigenvalue weighted by Gasteiger charge is -2.26. The maximum Gasteiger partial charge on any atom is 0.472 e. The van der Waals surface area contributed by atoms with Crippen LogP contribution in [0.2, 0.25) is 0 Å². The topological polar surface area (TPSA) is 105 Å². The van der Waals surface area contributed by atoms with Crippen LogP contribution in [0.5, 0.6) is 0 Å². The zero-order valence-corrected chi connectivity index (χ0v) is 45.6. The number of phosphoric acid groups is 1. The van der Waals surface area contributed by atoms with Crippen molar-refractivity contribution in [3.05, 3.63) is 122 Å². The Bertz CT molecular complexity index is 1530. The Morgan fingerprint density at radius 3 is 1.28 bits per heavy atom. The first-order chi connectivity index (χ1) is 33.5. The number of phosphoric ester groups is 1. The van der Waals surface area contributed by atoms with Crippen molar-refractivity contribution in [2.24, 2.45) is 0 Å². The van der Waals surface area contributed by atoms with Crippen LogP contribution in [0.4, 0.5) is 0 Å². The van der Waals surface area contributed by atoms with Crippen molar-refractivity contribution in [2.75, 3.05) is 40.9 Å². The number of quaternary nitrogens is 1. The molecule has 9 heteroatoms. The monoisotopic (exact) mass is 980 g/mol. The van der Waals surface area contributed by atoms with E-state index in [-0.39, 0.29) is 19.1 Å². The lowest BCUT2D eigenvalue weighted by molar-refractivity contribution is -0.870. The molecule has 0 fully saturated rings. The summed E-state index contributed by atoms with van der Waals surface area (Å²) in [6.45, 7) is 4.72. The molecule has 0 saturated carbocycles. The fourth-order valence-electron chi connectivity index (χ4n) is 7.19. The highest BCUT2D eigenvalue weighted by Crippen LogP contribution is 2.43. The van der Waals surface area contributed by atoms with Crippen LogP contribution in [0.25, 0.3) is 0 Å². The van der Waals surface area contributed by atoms with Crippen LogP contribution in [-0.2, 0) is 18.4 Å². The number of hydrogen-bond donors (Lipinski definition) is 3. The number of carbonyl (C=O) groups excluding carboxylic acids is 1. The van der Waals surface area contributed by atoms with E-state index in [0.717, 1.165) is 116 Å². The first-order valence-electron chi connectivity index (χ1n) is 27.4. The van der Waals surface area contributed by atoms with Crippen molar-refractivity contribution in [3.63, 3.8) is 0 Å². The molecule has 3 N–H and O–H groups in total. The van der Waals surface area contributed by atoms with E-state index in [1.807, 2.05) is 21.1 Å². The number of aliphatic hydroxyl groups excluding tert-OH is 1. The van der Waals surface area contributed by atoms with Crippen LogP contribution < -0.4 is 5.32 Å². The van der Waals surface area contributed by atoms with E-state index in [1.165, 1.54) is 57.8 Å². The zero-order valence-electron chi connectivity index (χ0n) is 44.8. The minimum Gasteiger partial charge on any atom is -0.391 e. The Balaban J connectivity index is 4.22. The molecule has 394 valence electrons.